The summed E-state index contributed by atoms with van der Waals surface area (Å²) in [6.45, 7) is 6.63. The Morgan fingerprint density at radius 1 is 1.20 bits per heavy atom. The molecule has 10 heavy (non-hydrogen) atoms. The first-order valence-corrected chi connectivity index (χ1v) is 4.42. The van der Waals surface area contributed by atoms with Crippen molar-refractivity contribution in [2.45, 2.75) is 52.5 Å². The quantitative estimate of drug-likeness (QED) is 0.629. The van der Waals surface area contributed by atoms with Crippen molar-refractivity contribution in [2.75, 3.05) is 0 Å². The summed E-state index contributed by atoms with van der Waals surface area (Å²) in [6.07, 6.45) is 5.13. The number of nitrogens with two attached hydrogens (primary N) is 1. The number of hydrogen-bond acceptors (Lipinski definition) is 1. The highest BCUT2D eigenvalue weighted by Gasteiger charge is 1.99. The van der Waals surface area contributed by atoms with E-state index in [0.29, 0.717) is 6.04 Å². The Labute approximate surface area is 65.0 Å². The fourth-order valence-electron chi connectivity index (χ4n) is 0.992. The van der Waals surface area contributed by atoms with Crippen molar-refractivity contribution in [2.24, 2.45) is 11.7 Å². The van der Waals surface area contributed by atoms with E-state index in [9.17, 15) is 0 Å². The van der Waals surface area contributed by atoms with E-state index in [1.165, 1.54) is 25.7 Å². The zero-order valence-corrected chi connectivity index (χ0v) is 7.56. The van der Waals surface area contributed by atoms with Gasteiger partial charge in [0.2, 0.25) is 0 Å². The average molecular weight is 143 g/mol. The first-order chi connectivity index (χ1) is 4.66. The first kappa shape index (κ1) is 9.96. The molecule has 0 heterocycles. The fraction of sp³-hybridized carbons (Fsp3) is 1.00. The Balaban J connectivity index is 3.03. The lowest BCUT2D eigenvalue weighted by Crippen LogP contribution is -2.14. The smallest absolute Gasteiger partial charge is 0.00104 e. The topological polar surface area (TPSA) is 26.0 Å². The average Bonchev–Trinajstić information content (AvgIpc) is 1.87. The molecular formula is C9H21N. The molecule has 0 fully saturated rings. The third kappa shape index (κ3) is 6.09. The van der Waals surface area contributed by atoms with Crippen LogP contribution in [0.5, 0.6) is 0 Å². The first-order valence-electron chi connectivity index (χ1n) is 4.42. The van der Waals surface area contributed by atoms with Gasteiger partial charge in [0.1, 0.15) is 0 Å². The summed E-state index contributed by atoms with van der Waals surface area (Å²) in [6, 6.07) is 0.393. The monoisotopic (exact) mass is 143 g/mol. The van der Waals surface area contributed by atoms with Crippen LogP contribution >= 0.6 is 0 Å². The predicted molar refractivity (Wildman–Crippen MR) is 47.0 cm³/mol. The summed E-state index contributed by atoms with van der Waals surface area (Å²) in [7, 11) is 0. The van der Waals surface area contributed by atoms with Gasteiger partial charge in [0.15, 0.2) is 0 Å². The normalized spacial score (nSPS) is 16.8. The fourth-order valence-corrected chi connectivity index (χ4v) is 0.992. The molecule has 2 unspecified atom stereocenters. The van der Waals surface area contributed by atoms with E-state index < -0.39 is 0 Å². The molecule has 0 radical (unpaired) electrons. The predicted octanol–water partition coefficient (Wildman–Crippen LogP) is 2.55. The number of rotatable bonds is 5. The Morgan fingerprint density at radius 3 is 2.20 bits per heavy atom. The molecule has 0 bridgehead atoms. The Morgan fingerprint density at radius 2 is 1.80 bits per heavy atom. The molecular weight excluding hydrogens is 122 g/mol. The molecule has 1 heteroatoms. The standard InChI is InChI=1S/C9H21N/c1-4-8(2)6-5-7-9(3)10/h8-9H,4-7,10H2,1-3H3. The van der Waals surface area contributed by atoms with Gasteiger partial charge in [0, 0.05) is 6.04 Å². The van der Waals surface area contributed by atoms with E-state index in [1.54, 1.807) is 0 Å². The van der Waals surface area contributed by atoms with Crippen molar-refractivity contribution in [1.82, 2.24) is 0 Å². The molecule has 0 spiro atoms. The van der Waals surface area contributed by atoms with Gasteiger partial charge in [-0.05, 0) is 19.3 Å². The van der Waals surface area contributed by atoms with E-state index in [4.69, 9.17) is 5.73 Å². The highest BCUT2D eigenvalue weighted by molar-refractivity contribution is 4.56. The molecule has 0 aliphatic heterocycles. The summed E-state index contributed by atoms with van der Waals surface area (Å²) in [4.78, 5) is 0. The SMILES string of the molecule is CCC(C)CCCC(C)N. The minimum Gasteiger partial charge on any atom is -0.328 e. The van der Waals surface area contributed by atoms with Crippen molar-refractivity contribution in [1.29, 1.82) is 0 Å². The molecule has 0 aliphatic carbocycles. The highest BCUT2D eigenvalue weighted by Crippen LogP contribution is 2.11. The maximum absolute atomic E-state index is 5.62. The van der Waals surface area contributed by atoms with E-state index in [0.717, 1.165) is 5.92 Å². The van der Waals surface area contributed by atoms with Crippen LogP contribution in [0.2, 0.25) is 0 Å². The molecule has 0 rings (SSSR count). The van der Waals surface area contributed by atoms with Crippen LogP contribution in [0.3, 0.4) is 0 Å². The molecule has 0 aromatic heterocycles. The molecule has 0 saturated carbocycles. The van der Waals surface area contributed by atoms with Crippen LogP contribution in [-0.4, -0.2) is 6.04 Å². The lowest BCUT2D eigenvalue weighted by Gasteiger charge is -2.08. The van der Waals surface area contributed by atoms with Gasteiger partial charge in [-0.3, -0.25) is 0 Å². The van der Waals surface area contributed by atoms with Gasteiger partial charge in [-0.2, -0.15) is 0 Å². The van der Waals surface area contributed by atoms with Gasteiger partial charge < -0.3 is 5.73 Å². The summed E-state index contributed by atoms with van der Waals surface area (Å²) in [5, 5.41) is 0. The minimum absolute atomic E-state index is 0.393. The van der Waals surface area contributed by atoms with Crippen molar-refractivity contribution >= 4 is 0 Å². The second-order valence-corrected chi connectivity index (χ2v) is 3.42. The van der Waals surface area contributed by atoms with Crippen LogP contribution in [0, 0.1) is 5.92 Å². The van der Waals surface area contributed by atoms with Gasteiger partial charge in [-0.25, -0.2) is 0 Å². The molecule has 0 aliphatic rings. The lowest BCUT2D eigenvalue weighted by molar-refractivity contribution is 0.469. The lowest BCUT2D eigenvalue weighted by atomic mass is 10.0. The highest BCUT2D eigenvalue weighted by atomic mass is 14.6. The van der Waals surface area contributed by atoms with E-state index >= 15 is 0 Å². The maximum atomic E-state index is 5.62. The zero-order valence-electron chi connectivity index (χ0n) is 7.56. The third-order valence-corrected chi connectivity index (χ3v) is 2.05. The molecule has 62 valence electrons. The molecule has 2 N–H and O–H groups in total. The van der Waals surface area contributed by atoms with Crippen molar-refractivity contribution in [3.05, 3.63) is 0 Å². The van der Waals surface area contributed by atoms with Gasteiger partial charge in [0.05, 0.1) is 0 Å². The molecule has 0 aromatic carbocycles. The van der Waals surface area contributed by atoms with Crippen molar-refractivity contribution < 1.29 is 0 Å². The van der Waals surface area contributed by atoms with Crippen LogP contribution in [0.4, 0.5) is 0 Å². The molecule has 0 saturated heterocycles. The van der Waals surface area contributed by atoms with Gasteiger partial charge >= 0.3 is 0 Å². The van der Waals surface area contributed by atoms with Crippen molar-refractivity contribution in [3.63, 3.8) is 0 Å². The third-order valence-electron chi connectivity index (χ3n) is 2.05. The van der Waals surface area contributed by atoms with Crippen LogP contribution in [-0.2, 0) is 0 Å². The van der Waals surface area contributed by atoms with Gasteiger partial charge in [-0.1, -0.05) is 33.1 Å². The number of hydrogen-bond donors (Lipinski definition) is 1. The van der Waals surface area contributed by atoms with Gasteiger partial charge in [-0.15, -0.1) is 0 Å². The van der Waals surface area contributed by atoms with E-state index in [2.05, 4.69) is 20.8 Å². The summed E-state index contributed by atoms with van der Waals surface area (Å²) in [5.41, 5.74) is 5.62. The van der Waals surface area contributed by atoms with Crippen LogP contribution < -0.4 is 5.73 Å². The van der Waals surface area contributed by atoms with E-state index in [1.807, 2.05) is 0 Å². The summed E-state index contributed by atoms with van der Waals surface area (Å²) >= 11 is 0. The minimum atomic E-state index is 0.393. The van der Waals surface area contributed by atoms with Gasteiger partial charge in [0.25, 0.3) is 0 Å². The summed E-state index contributed by atoms with van der Waals surface area (Å²) < 4.78 is 0. The molecule has 0 amide bonds. The van der Waals surface area contributed by atoms with Crippen LogP contribution in [0.15, 0.2) is 0 Å². The zero-order chi connectivity index (χ0) is 7.98. The van der Waals surface area contributed by atoms with Crippen LogP contribution in [0.1, 0.15) is 46.5 Å². The molecule has 2 atom stereocenters. The van der Waals surface area contributed by atoms with Crippen molar-refractivity contribution in [3.8, 4) is 0 Å². The maximum Gasteiger partial charge on any atom is 0.00104 e. The van der Waals surface area contributed by atoms with Crippen LogP contribution in [0.25, 0.3) is 0 Å². The second-order valence-electron chi connectivity index (χ2n) is 3.42. The van der Waals surface area contributed by atoms with E-state index in [-0.39, 0.29) is 0 Å². The molecule has 1 nitrogen and oxygen atoms in total. The largest absolute Gasteiger partial charge is 0.328 e. The summed E-state index contributed by atoms with van der Waals surface area (Å²) in [5.74, 6) is 0.888. The molecule has 0 aromatic rings. The second kappa shape index (κ2) is 5.72. The Kier molecular flexibility index (Phi) is 5.70. The Bertz CT molecular complexity index is 69.1. The Hall–Kier alpha value is -0.0400.